The average molecular weight is 262 g/mol. The van der Waals surface area contributed by atoms with Gasteiger partial charge in [0.1, 0.15) is 0 Å². The maximum atomic E-state index is 6.00. The van der Waals surface area contributed by atoms with Crippen LogP contribution < -0.4 is 5.32 Å². The molecule has 2 aliphatic rings. The first-order chi connectivity index (χ1) is 8.83. The summed E-state index contributed by atoms with van der Waals surface area (Å²) >= 11 is 6.00. The number of aliphatic imine (C=N–C) groups is 2. The second kappa shape index (κ2) is 5.21. The average Bonchev–Trinajstić information content (AvgIpc) is 2.89. The van der Waals surface area contributed by atoms with Crippen molar-refractivity contribution in [2.75, 3.05) is 19.6 Å². The largest absolute Gasteiger partial charge is 0.317 e. The molecule has 3 nitrogen and oxygen atoms in total. The van der Waals surface area contributed by atoms with Crippen LogP contribution >= 0.6 is 11.6 Å². The van der Waals surface area contributed by atoms with E-state index in [9.17, 15) is 0 Å². The molecule has 1 aromatic carbocycles. The third-order valence-corrected chi connectivity index (χ3v) is 3.77. The second-order valence-electron chi connectivity index (χ2n) is 4.78. The molecule has 1 N–H and O–H groups in total. The van der Waals surface area contributed by atoms with E-state index < -0.39 is 0 Å². The summed E-state index contributed by atoms with van der Waals surface area (Å²) in [7, 11) is 0. The third-order valence-electron chi connectivity index (χ3n) is 3.53. The fraction of sp³-hybridized carbons (Fsp3) is 0.429. The number of halogens is 1. The molecule has 1 aromatic rings. The molecule has 0 unspecified atom stereocenters. The molecular weight excluding hydrogens is 246 g/mol. The van der Waals surface area contributed by atoms with Crippen LogP contribution in [-0.4, -0.2) is 31.2 Å². The van der Waals surface area contributed by atoms with E-state index in [-0.39, 0.29) is 0 Å². The predicted molar refractivity (Wildman–Crippen MR) is 75.9 cm³/mol. The van der Waals surface area contributed by atoms with Crippen LogP contribution in [0.5, 0.6) is 0 Å². The van der Waals surface area contributed by atoms with Gasteiger partial charge in [-0.3, -0.25) is 4.99 Å². The molecular formula is C14H16ClN3. The minimum absolute atomic E-state index is 0.603. The lowest BCUT2D eigenvalue weighted by atomic mass is 9.93. The molecule has 2 heterocycles. The molecule has 2 aliphatic heterocycles. The van der Waals surface area contributed by atoms with Crippen LogP contribution in [0.1, 0.15) is 18.4 Å². The van der Waals surface area contributed by atoms with Gasteiger partial charge < -0.3 is 5.32 Å². The topological polar surface area (TPSA) is 36.8 Å². The van der Waals surface area contributed by atoms with Crippen molar-refractivity contribution < 1.29 is 0 Å². The molecule has 0 aromatic heterocycles. The van der Waals surface area contributed by atoms with E-state index in [1.165, 1.54) is 18.6 Å². The zero-order chi connectivity index (χ0) is 12.4. The van der Waals surface area contributed by atoms with Crippen molar-refractivity contribution in [2.45, 2.75) is 12.8 Å². The summed E-state index contributed by atoms with van der Waals surface area (Å²) in [5, 5.41) is 4.12. The Morgan fingerprint density at radius 1 is 1.22 bits per heavy atom. The smallest absolute Gasteiger partial charge is 0.154 e. The van der Waals surface area contributed by atoms with Crippen molar-refractivity contribution in [3.8, 4) is 0 Å². The monoisotopic (exact) mass is 261 g/mol. The normalized spacial score (nSPS) is 20.7. The van der Waals surface area contributed by atoms with E-state index in [1.54, 1.807) is 0 Å². The molecule has 1 saturated heterocycles. The Morgan fingerprint density at radius 3 is 2.83 bits per heavy atom. The molecule has 0 amide bonds. The summed E-state index contributed by atoms with van der Waals surface area (Å²) in [6.45, 7) is 2.94. The summed E-state index contributed by atoms with van der Waals surface area (Å²) < 4.78 is 0. The molecule has 0 spiro atoms. The maximum absolute atomic E-state index is 6.00. The van der Waals surface area contributed by atoms with Gasteiger partial charge in [0.05, 0.1) is 6.54 Å². The van der Waals surface area contributed by atoms with Crippen LogP contribution in [0.25, 0.3) is 0 Å². The summed E-state index contributed by atoms with van der Waals surface area (Å²) in [4.78, 5) is 9.24. The Hall–Kier alpha value is -1.19. The first-order valence-corrected chi connectivity index (χ1v) is 6.79. The molecule has 0 atom stereocenters. The van der Waals surface area contributed by atoms with Gasteiger partial charge in [-0.15, -0.1) is 0 Å². The lowest BCUT2D eigenvalue weighted by molar-refractivity contribution is 0.455. The minimum atomic E-state index is 0.603. The van der Waals surface area contributed by atoms with Gasteiger partial charge in [0.25, 0.3) is 0 Å². The zero-order valence-electron chi connectivity index (χ0n) is 10.2. The Bertz CT molecular complexity index is 502. The van der Waals surface area contributed by atoms with E-state index >= 15 is 0 Å². The maximum Gasteiger partial charge on any atom is 0.154 e. The summed E-state index contributed by atoms with van der Waals surface area (Å²) in [5.74, 6) is 1.44. The highest BCUT2D eigenvalue weighted by Crippen LogP contribution is 2.20. The summed E-state index contributed by atoms with van der Waals surface area (Å²) in [5.41, 5.74) is 2.26. The number of piperidine rings is 1. The van der Waals surface area contributed by atoms with Crippen LogP contribution in [-0.2, 0) is 0 Å². The Kier molecular flexibility index (Phi) is 3.43. The summed E-state index contributed by atoms with van der Waals surface area (Å²) in [6, 6.07) is 7.76. The molecule has 0 radical (unpaired) electrons. The van der Waals surface area contributed by atoms with E-state index in [2.05, 4.69) is 10.3 Å². The van der Waals surface area contributed by atoms with Gasteiger partial charge in [0.2, 0.25) is 0 Å². The van der Waals surface area contributed by atoms with Crippen molar-refractivity contribution in [3.05, 3.63) is 34.9 Å². The van der Waals surface area contributed by atoms with Crippen LogP contribution in [0.2, 0.25) is 5.02 Å². The highest BCUT2D eigenvalue weighted by atomic mass is 35.5. The molecule has 18 heavy (non-hydrogen) atoms. The quantitative estimate of drug-likeness (QED) is 0.873. The highest BCUT2D eigenvalue weighted by molar-refractivity contribution is 6.31. The second-order valence-corrected chi connectivity index (χ2v) is 5.21. The third kappa shape index (κ3) is 2.47. The molecule has 0 saturated carbocycles. The Balaban J connectivity index is 1.77. The van der Waals surface area contributed by atoms with Crippen molar-refractivity contribution >= 4 is 23.1 Å². The molecule has 0 aliphatic carbocycles. The molecule has 3 rings (SSSR count). The zero-order valence-corrected chi connectivity index (χ0v) is 11.0. The van der Waals surface area contributed by atoms with Gasteiger partial charge in [-0.2, -0.15) is 0 Å². The fourth-order valence-corrected chi connectivity index (χ4v) is 2.71. The first kappa shape index (κ1) is 11.9. The Labute approximate surface area is 112 Å². The van der Waals surface area contributed by atoms with Crippen LogP contribution in [0.3, 0.4) is 0 Å². The lowest BCUT2D eigenvalue weighted by Crippen LogP contribution is -2.32. The number of nitrogens with zero attached hydrogens (tertiary/aromatic N) is 2. The number of hydrogen-bond donors (Lipinski definition) is 1. The van der Waals surface area contributed by atoms with E-state index in [0.29, 0.717) is 5.92 Å². The van der Waals surface area contributed by atoms with E-state index in [4.69, 9.17) is 16.6 Å². The van der Waals surface area contributed by atoms with Gasteiger partial charge >= 0.3 is 0 Å². The summed E-state index contributed by atoms with van der Waals surface area (Å²) in [6.07, 6.45) is 2.36. The standard InChI is InChI=1S/C14H16ClN3/c15-12-3-1-2-11(8-12)14-17-9-13(18-14)10-4-6-16-7-5-10/h1-3,8,10,16H,4-7,9H2. The van der Waals surface area contributed by atoms with Crippen molar-refractivity contribution in [1.82, 2.24) is 5.32 Å². The number of nitrogens with one attached hydrogen (secondary N) is 1. The van der Waals surface area contributed by atoms with Gasteiger partial charge in [-0.05, 0) is 38.1 Å². The minimum Gasteiger partial charge on any atom is -0.317 e. The van der Waals surface area contributed by atoms with Crippen molar-refractivity contribution in [1.29, 1.82) is 0 Å². The van der Waals surface area contributed by atoms with Crippen LogP contribution in [0.4, 0.5) is 0 Å². The SMILES string of the molecule is Clc1cccc(C2=NCC(C3CCNCC3)=N2)c1. The predicted octanol–water partition coefficient (Wildman–Crippen LogP) is 2.54. The Morgan fingerprint density at radius 2 is 2.06 bits per heavy atom. The number of amidine groups is 1. The lowest BCUT2D eigenvalue weighted by Gasteiger charge is -2.22. The van der Waals surface area contributed by atoms with Crippen LogP contribution in [0.15, 0.2) is 34.3 Å². The number of benzene rings is 1. The van der Waals surface area contributed by atoms with Crippen molar-refractivity contribution in [3.63, 3.8) is 0 Å². The van der Waals surface area contributed by atoms with Gasteiger partial charge in [0.15, 0.2) is 5.84 Å². The molecule has 4 heteroatoms. The number of rotatable bonds is 2. The van der Waals surface area contributed by atoms with Gasteiger partial charge in [-0.1, -0.05) is 23.7 Å². The van der Waals surface area contributed by atoms with Gasteiger partial charge in [0, 0.05) is 22.2 Å². The fourth-order valence-electron chi connectivity index (χ4n) is 2.52. The van der Waals surface area contributed by atoms with Crippen LogP contribution in [0, 0.1) is 5.92 Å². The highest BCUT2D eigenvalue weighted by Gasteiger charge is 2.22. The van der Waals surface area contributed by atoms with E-state index in [1.807, 2.05) is 24.3 Å². The number of hydrogen-bond acceptors (Lipinski definition) is 3. The first-order valence-electron chi connectivity index (χ1n) is 6.41. The van der Waals surface area contributed by atoms with Crippen molar-refractivity contribution in [2.24, 2.45) is 15.9 Å². The van der Waals surface area contributed by atoms with Gasteiger partial charge in [-0.25, -0.2) is 4.99 Å². The molecule has 1 fully saturated rings. The molecule has 0 bridgehead atoms. The molecule has 94 valence electrons. The van der Waals surface area contributed by atoms with E-state index in [0.717, 1.165) is 36.1 Å².